The summed E-state index contributed by atoms with van der Waals surface area (Å²) in [5.74, 6) is -0.686. The number of halogens is 1. The van der Waals surface area contributed by atoms with Gasteiger partial charge in [0, 0.05) is 19.2 Å². The average Bonchev–Trinajstić information content (AvgIpc) is 2.59. The summed E-state index contributed by atoms with van der Waals surface area (Å²) in [6.45, 7) is 0. The van der Waals surface area contributed by atoms with Crippen LogP contribution in [0.4, 0.5) is 10.2 Å². The number of nitrogen functional groups attached to an aromatic ring is 1. The van der Waals surface area contributed by atoms with Gasteiger partial charge in [-0.25, -0.2) is 9.18 Å². The molecule has 6 heteroatoms. The number of carbonyl (C=O) groups excluding carboxylic acids is 1. The third-order valence-corrected chi connectivity index (χ3v) is 2.13. The highest BCUT2D eigenvalue weighted by Gasteiger charge is 2.14. The van der Waals surface area contributed by atoms with Crippen molar-refractivity contribution in [1.82, 2.24) is 9.78 Å². The van der Waals surface area contributed by atoms with Gasteiger partial charge >= 0.3 is 5.97 Å². The topological polar surface area (TPSA) is 70.1 Å². The minimum atomic E-state index is -0.678. The van der Waals surface area contributed by atoms with Crippen LogP contribution in [-0.2, 0) is 7.05 Å². The van der Waals surface area contributed by atoms with Crippen LogP contribution < -0.4 is 10.5 Å². The highest BCUT2D eigenvalue weighted by Crippen LogP contribution is 2.14. The van der Waals surface area contributed by atoms with Gasteiger partial charge in [-0.1, -0.05) is 6.07 Å². The number of nitrogens with zero attached hydrogens (tertiary/aromatic N) is 2. The maximum Gasteiger partial charge on any atom is 0.364 e. The van der Waals surface area contributed by atoms with Crippen molar-refractivity contribution in [2.24, 2.45) is 7.05 Å². The summed E-state index contributed by atoms with van der Waals surface area (Å²) < 4.78 is 19.1. The molecule has 0 unspecified atom stereocenters. The van der Waals surface area contributed by atoms with Gasteiger partial charge in [-0.05, 0) is 12.1 Å². The number of aromatic nitrogens is 2. The first-order valence-electron chi connectivity index (χ1n) is 4.83. The fraction of sp³-hybridized carbons (Fsp3) is 0.0909. The molecule has 2 aromatic rings. The van der Waals surface area contributed by atoms with Crippen molar-refractivity contribution in [2.75, 3.05) is 5.73 Å². The van der Waals surface area contributed by atoms with Gasteiger partial charge in [0.15, 0.2) is 5.69 Å². The van der Waals surface area contributed by atoms with Gasteiger partial charge in [0.05, 0.1) is 0 Å². The minimum Gasteiger partial charge on any atom is -0.422 e. The van der Waals surface area contributed by atoms with Crippen molar-refractivity contribution in [2.45, 2.75) is 0 Å². The zero-order valence-corrected chi connectivity index (χ0v) is 9.05. The fourth-order valence-corrected chi connectivity index (χ4v) is 1.27. The van der Waals surface area contributed by atoms with Crippen molar-refractivity contribution in [3.05, 3.63) is 41.8 Å². The van der Waals surface area contributed by atoms with Gasteiger partial charge in [-0.2, -0.15) is 5.10 Å². The largest absolute Gasteiger partial charge is 0.422 e. The Kier molecular flexibility index (Phi) is 2.78. The lowest BCUT2D eigenvalue weighted by molar-refractivity contribution is 0.0727. The van der Waals surface area contributed by atoms with Crippen molar-refractivity contribution >= 4 is 11.8 Å². The Morgan fingerprint density at radius 1 is 1.47 bits per heavy atom. The highest BCUT2D eigenvalue weighted by atomic mass is 19.1. The zero-order chi connectivity index (χ0) is 12.4. The molecule has 0 amide bonds. The van der Waals surface area contributed by atoms with Crippen molar-refractivity contribution in [3.8, 4) is 5.75 Å². The first-order chi connectivity index (χ1) is 8.06. The summed E-state index contributed by atoms with van der Waals surface area (Å²) in [5.41, 5.74) is 5.61. The van der Waals surface area contributed by atoms with Crippen LogP contribution in [0.5, 0.6) is 5.75 Å². The Balaban J connectivity index is 2.17. The molecule has 0 radical (unpaired) electrons. The van der Waals surface area contributed by atoms with E-state index < -0.39 is 11.8 Å². The van der Waals surface area contributed by atoms with Crippen LogP contribution in [0, 0.1) is 5.82 Å². The second-order valence-corrected chi connectivity index (χ2v) is 3.42. The van der Waals surface area contributed by atoms with Crippen LogP contribution >= 0.6 is 0 Å². The standard InChI is InChI=1S/C11H10FN3O2/c1-15-10(13)6-9(14-15)11(16)17-8-4-2-3-7(12)5-8/h2-6H,13H2,1H3. The SMILES string of the molecule is Cn1nc(C(=O)Oc2cccc(F)c2)cc1N. The molecule has 0 fully saturated rings. The summed E-state index contributed by atoms with van der Waals surface area (Å²) in [6, 6.07) is 6.69. The van der Waals surface area contributed by atoms with Crippen LogP contribution in [0.3, 0.4) is 0 Å². The maximum atomic E-state index is 12.9. The van der Waals surface area contributed by atoms with Gasteiger partial charge in [-0.15, -0.1) is 0 Å². The lowest BCUT2D eigenvalue weighted by Crippen LogP contribution is -2.09. The number of nitrogens with two attached hydrogens (primary N) is 1. The monoisotopic (exact) mass is 235 g/mol. The van der Waals surface area contributed by atoms with Crippen LogP contribution in [0.15, 0.2) is 30.3 Å². The van der Waals surface area contributed by atoms with Crippen LogP contribution in [-0.4, -0.2) is 15.7 Å². The molecule has 2 rings (SSSR count). The summed E-state index contributed by atoms with van der Waals surface area (Å²) in [4.78, 5) is 11.6. The molecule has 2 N–H and O–H groups in total. The Morgan fingerprint density at radius 3 is 2.82 bits per heavy atom. The van der Waals surface area contributed by atoms with E-state index in [0.29, 0.717) is 5.82 Å². The van der Waals surface area contributed by atoms with E-state index in [9.17, 15) is 9.18 Å². The van der Waals surface area contributed by atoms with Crippen LogP contribution in [0.2, 0.25) is 0 Å². The second kappa shape index (κ2) is 4.25. The zero-order valence-electron chi connectivity index (χ0n) is 9.05. The number of hydrogen-bond acceptors (Lipinski definition) is 4. The fourth-order valence-electron chi connectivity index (χ4n) is 1.27. The Morgan fingerprint density at radius 2 is 2.24 bits per heavy atom. The van der Waals surface area contributed by atoms with E-state index in [-0.39, 0.29) is 11.4 Å². The number of carbonyl (C=O) groups is 1. The van der Waals surface area contributed by atoms with Crippen molar-refractivity contribution in [1.29, 1.82) is 0 Å². The number of ether oxygens (including phenoxy) is 1. The average molecular weight is 235 g/mol. The van der Waals surface area contributed by atoms with E-state index in [2.05, 4.69) is 5.10 Å². The predicted molar refractivity (Wildman–Crippen MR) is 59.0 cm³/mol. The van der Waals surface area contributed by atoms with E-state index in [1.807, 2.05) is 0 Å². The quantitative estimate of drug-likeness (QED) is 0.630. The van der Waals surface area contributed by atoms with Crippen LogP contribution in [0.25, 0.3) is 0 Å². The molecule has 0 aliphatic heterocycles. The summed E-state index contributed by atoms with van der Waals surface area (Å²) in [6.07, 6.45) is 0. The van der Waals surface area contributed by atoms with E-state index in [1.54, 1.807) is 7.05 Å². The Labute approximate surface area is 96.6 Å². The third-order valence-electron chi connectivity index (χ3n) is 2.13. The molecule has 1 heterocycles. The van der Waals surface area contributed by atoms with E-state index >= 15 is 0 Å². The lowest BCUT2D eigenvalue weighted by Gasteiger charge is -2.01. The summed E-state index contributed by atoms with van der Waals surface area (Å²) >= 11 is 0. The molecule has 1 aromatic heterocycles. The Bertz CT molecular complexity index is 546. The molecule has 0 saturated carbocycles. The molecule has 0 bridgehead atoms. The van der Waals surface area contributed by atoms with Gasteiger partial charge in [0.1, 0.15) is 17.4 Å². The third kappa shape index (κ3) is 2.41. The normalized spacial score (nSPS) is 10.2. The molecule has 1 aromatic carbocycles. The second-order valence-electron chi connectivity index (χ2n) is 3.42. The van der Waals surface area contributed by atoms with E-state index in [1.165, 1.54) is 28.9 Å². The number of esters is 1. The number of anilines is 1. The lowest BCUT2D eigenvalue weighted by atomic mass is 10.3. The first kappa shape index (κ1) is 11.1. The molecule has 0 spiro atoms. The Hall–Kier alpha value is -2.37. The number of benzene rings is 1. The van der Waals surface area contributed by atoms with Gasteiger partial charge in [-0.3, -0.25) is 4.68 Å². The molecule has 0 saturated heterocycles. The molecule has 0 atom stereocenters. The van der Waals surface area contributed by atoms with Gasteiger partial charge < -0.3 is 10.5 Å². The summed E-state index contributed by atoms with van der Waals surface area (Å²) in [7, 11) is 1.61. The molecular weight excluding hydrogens is 225 g/mol. The van der Waals surface area contributed by atoms with Crippen molar-refractivity contribution < 1.29 is 13.9 Å². The van der Waals surface area contributed by atoms with Gasteiger partial charge in [0.25, 0.3) is 0 Å². The number of hydrogen-bond donors (Lipinski definition) is 1. The number of rotatable bonds is 2. The maximum absolute atomic E-state index is 12.9. The minimum absolute atomic E-state index is 0.0780. The molecular formula is C11H10FN3O2. The van der Waals surface area contributed by atoms with E-state index in [0.717, 1.165) is 6.07 Å². The number of aryl methyl sites for hydroxylation is 1. The van der Waals surface area contributed by atoms with Gasteiger partial charge in [0.2, 0.25) is 0 Å². The van der Waals surface area contributed by atoms with Crippen LogP contribution in [0.1, 0.15) is 10.5 Å². The van der Waals surface area contributed by atoms with E-state index in [4.69, 9.17) is 10.5 Å². The molecule has 0 aliphatic rings. The first-order valence-corrected chi connectivity index (χ1v) is 4.83. The predicted octanol–water partition coefficient (Wildman–Crippen LogP) is 1.36. The summed E-state index contributed by atoms with van der Waals surface area (Å²) in [5, 5.41) is 3.85. The molecule has 0 aliphatic carbocycles. The molecule has 88 valence electrons. The van der Waals surface area contributed by atoms with Crippen molar-refractivity contribution in [3.63, 3.8) is 0 Å². The highest BCUT2D eigenvalue weighted by molar-refractivity contribution is 5.89. The smallest absolute Gasteiger partial charge is 0.364 e. The molecule has 17 heavy (non-hydrogen) atoms. The molecule has 5 nitrogen and oxygen atoms in total.